The molecule has 1 aromatic heterocycles. The van der Waals surface area contributed by atoms with E-state index in [9.17, 15) is 18.3 Å². The second kappa shape index (κ2) is 11.0. The Morgan fingerprint density at radius 1 is 1.19 bits per heavy atom. The zero-order valence-electron chi connectivity index (χ0n) is 21.5. The van der Waals surface area contributed by atoms with Gasteiger partial charge >= 0.3 is 0 Å². The number of pyridine rings is 1. The molecule has 0 fully saturated rings. The van der Waals surface area contributed by atoms with Gasteiger partial charge in [-0.3, -0.25) is 9.78 Å². The van der Waals surface area contributed by atoms with Crippen LogP contribution in [0.2, 0.25) is 0 Å². The van der Waals surface area contributed by atoms with Crippen molar-refractivity contribution in [3.05, 3.63) is 78.1 Å². The first-order chi connectivity index (χ1) is 17.6. The number of aliphatic hydroxyl groups is 1. The predicted molar refractivity (Wildman–Crippen MR) is 142 cm³/mol. The normalized spacial score (nSPS) is 20.1. The maximum absolute atomic E-state index is 13.7. The summed E-state index contributed by atoms with van der Waals surface area (Å²) in [5.74, 6) is -0.301. The number of hydrogen-bond donors (Lipinski definition) is 1. The molecule has 0 unspecified atom stereocenters. The number of amides is 1. The second-order valence-electron chi connectivity index (χ2n) is 9.62. The van der Waals surface area contributed by atoms with Crippen LogP contribution in [0.15, 0.2) is 71.8 Å². The fourth-order valence-corrected chi connectivity index (χ4v) is 6.37. The van der Waals surface area contributed by atoms with Crippen molar-refractivity contribution in [2.24, 2.45) is 5.92 Å². The number of ether oxygens (including phenoxy) is 1. The molecular formula is C28H33N3O5S. The van der Waals surface area contributed by atoms with Crippen LogP contribution in [0, 0.1) is 12.8 Å². The van der Waals surface area contributed by atoms with E-state index in [1.807, 2.05) is 38.1 Å². The van der Waals surface area contributed by atoms with Crippen LogP contribution in [-0.2, 0) is 10.0 Å². The van der Waals surface area contributed by atoms with Gasteiger partial charge in [-0.1, -0.05) is 43.3 Å². The molecule has 3 aromatic rings. The molecule has 0 radical (unpaired) electrons. The van der Waals surface area contributed by atoms with Gasteiger partial charge in [0.25, 0.3) is 5.91 Å². The lowest BCUT2D eigenvalue weighted by Crippen LogP contribution is -2.50. The summed E-state index contributed by atoms with van der Waals surface area (Å²) in [5, 5.41) is 9.85. The molecule has 3 atom stereocenters. The molecule has 1 amide bonds. The summed E-state index contributed by atoms with van der Waals surface area (Å²) in [7, 11) is -2.27. The van der Waals surface area contributed by atoms with Gasteiger partial charge < -0.3 is 14.7 Å². The van der Waals surface area contributed by atoms with Crippen molar-refractivity contribution in [2.75, 3.05) is 26.7 Å². The highest BCUT2D eigenvalue weighted by molar-refractivity contribution is 7.89. The number of nitrogens with zero attached hydrogens (tertiary/aromatic N) is 3. The highest BCUT2D eigenvalue weighted by atomic mass is 32.2. The third-order valence-corrected chi connectivity index (χ3v) is 8.83. The lowest BCUT2D eigenvalue weighted by molar-refractivity contribution is 0.0560. The van der Waals surface area contributed by atoms with E-state index in [0.717, 1.165) is 16.7 Å². The van der Waals surface area contributed by atoms with E-state index in [2.05, 4.69) is 4.98 Å². The quantitative estimate of drug-likeness (QED) is 0.530. The third kappa shape index (κ3) is 5.53. The third-order valence-electron chi connectivity index (χ3n) is 6.81. The Morgan fingerprint density at radius 3 is 2.59 bits per heavy atom. The van der Waals surface area contributed by atoms with Gasteiger partial charge in [0.2, 0.25) is 10.0 Å². The molecule has 0 saturated heterocycles. The fraction of sp³-hybridized carbons (Fsp3) is 0.357. The Bertz CT molecular complexity index is 1360. The van der Waals surface area contributed by atoms with Gasteiger partial charge in [0.1, 0.15) is 22.4 Å². The molecule has 0 bridgehead atoms. The van der Waals surface area contributed by atoms with Crippen LogP contribution in [0.4, 0.5) is 0 Å². The number of aromatic nitrogens is 1. The summed E-state index contributed by atoms with van der Waals surface area (Å²) in [5.41, 5.74) is 3.18. The number of carbonyl (C=O) groups excluding carboxylic acids is 1. The number of carbonyl (C=O) groups is 1. The minimum absolute atomic E-state index is 0.0424. The van der Waals surface area contributed by atoms with Crippen molar-refractivity contribution in [1.29, 1.82) is 0 Å². The van der Waals surface area contributed by atoms with E-state index in [1.54, 1.807) is 61.5 Å². The van der Waals surface area contributed by atoms with Crippen LogP contribution in [0.1, 0.15) is 29.9 Å². The highest BCUT2D eigenvalue weighted by Crippen LogP contribution is 2.37. The highest BCUT2D eigenvalue weighted by Gasteiger charge is 2.38. The van der Waals surface area contributed by atoms with Gasteiger partial charge in [0.05, 0.1) is 13.2 Å². The van der Waals surface area contributed by atoms with E-state index < -0.39 is 22.2 Å². The number of sulfonamides is 1. The van der Waals surface area contributed by atoms with Crippen LogP contribution >= 0.6 is 0 Å². The Labute approximate surface area is 218 Å². The average molecular weight is 524 g/mol. The lowest BCUT2D eigenvalue weighted by atomic mass is 10.00. The van der Waals surface area contributed by atoms with Crippen molar-refractivity contribution in [3.8, 4) is 16.9 Å². The first-order valence-electron chi connectivity index (χ1n) is 12.3. The predicted octanol–water partition coefficient (Wildman–Crippen LogP) is 3.60. The molecule has 2 aromatic carbocycles. The van der Waals surface area contributed by atoms with E-state index >= 15 is 0 Å². The van der Waals surface area contributed by atoms with Crippen molar-refractivity contribution >= 4 is 15.9 Å². The zero-order chi connectivity index (χ0) is 26.7. The number of aryl methyl sites for hydroxylation is 1. The molecule has 2 heterocycles. The van der Waals surface area contributed by atoms with Gasteiger partial charge in [-0.25, -0.2) is 8.42 Å². The smallest absolute Gasteiger partial charge is 0.272 e. The largest absolute Gasteiger partial charge is 0.487 e. The summed E-state index contributed by atoms with van der Waals surface area (Å²) in [6.07, 6.45) is 1.06. The zero-order valence-corrected chi connectivity index (χ0v) is 22.4. The minimum Gasteiger partial charge on any atom is -0.487 e. The Morgan fingerprint density at radius 2 is 1.92 bits per heavy atom. The summed E-state index contributed by atoms with van der Waals surface area (Å²) < 4.78 is 35.2. The second-order valence-corrected chi connectivity index (χ2v) is 11.5. The monoisotopic (exact) mass is 523 g/mol. The van der Waals surface area contributed by atoms with Crippen molar-refractivity contribution in [2.45, 2.75) is 37.8 Å². The van der Waals surface area contributed by atoms with Gasteiger partial charge in [-0.2, -0.15) is 4.31 Å². The summed E-state index contributed by atoms with van der Waals surface area (Å²) in [4.78, 5) is 18.7. The van der Waals surface area contributed by atoms with E-state index in [0.29, 0.717) is 5.69 Å². The van der Waals surface area contributed by atoms with Crippen molar-refractivity contribution in [1.82, 2.24) is 14.2 Å². The Kier molecular flexibility index (Phi) is 7.96. The summed E-state index contributed by atoms with van der Waals surface area (Å²) >= 11 is 0. The molecule has 4 rings (SSSR count). The molecule has 1 N–H and O–H groups in total. The summed E-state index contributed by atoms with van der Waals surface area (Å²) in [6.45, 7) is 5.63. The van der Waals surface area contributed by atoms with E-state index in [4.69, 9.17) is 4.74 Å². The van der Waals surface area contributed by atoms with Crippen molar-refractivity contribution < 1.29 is 23.1 Å². The first-order valence-corrected chi connectivity index (χ1v) is 13.7. The lowest BCUT2D eigenvalue weighted by Gasteiger charge is -2.37. The maximum atomic E-state index is 13.7. The minimum atomic E-state index is -3.95. The molecule has 0 aliphatic carbocycles. The van der Waals surface area contributed by atoms with Crippen LogP contribution in [0.25, 0.3) is 11.1 Å². The van der Waals surface area contributed by atoms with E-state index in [-0.39, 0.29) is 42.2 Å². The molecule has 196 valence electrons. The molecule has 37 heavy (non-hydrogen) atoms. The summed E-state index contributed by atoms with van der Waals surface area (Å²) in [6, 6.07) is 17.5. The number of benzene rings is 2. The van der Waals surface area contributed by atoms with Crippen LogP contribution in [0.5, 0.6) is 5.75 Å². The van der Waals surface area contributed by atoms with Gasteiger partial charge in [-0.05, 0) is 54.8 Å². The average Bonchev–Trinajstić information content (AvgIpc) is 2.90. The van der Waals surface area contributed by atoms with E-state index in [1.165, 1.54) is 4.31 Å². The van der Waals surface area contributed by atoms with Gasteiger partial charge in [0.15, 0.2) is 0 Å². The molecular weight excluding hydrogens is 490 g/mol. The standard InChI is InChI=1S/C28H33N3O5S/c1-19-9-5-6-10-23(19)22-12-13-27-25(15-22)36-26(17-30(4)28(33)24-11-7-8-14-29-24)20(2)16-31(21(3)18-32)37(27,34)35/h5-15,20-21,26,32H,16-18H2,1-4H3/t20-,21-,26+/m0/s1. The first kappa shape index (κ1) is 26.8. The Balaban J connectivity index is 1.76. The topological polar surface area (TPSA) is 100 Å². The molecule has 0 saturated carbocycles. The number of fused-ring (bicyclic) bond motifs is 1. The Hall–Kier alpha value is -3.27. The number of hydrogen-bond acceptors (Lipinski definition) is 6. The number of likely N-dealkylation sites (N-methyl/N-ethyl adjacent to an activating group) is 1. The molecule has 1 aliphatic heterocycles. The molecule has 0 spiro atoms. The molecule has 1 aliphatic rings. The maximum Gasteiger partial charge on any atom is 0.272 e. The van der Waals surface area contributed by atoms with Gasteiger partial charge in [0, 0.05) is 31.7 Å². The number of rotatable bonds is 6. The van der Waals surface area contributed by atoms with Crippen LogP contribution in [-0.4, -0.2) is 72.5 Å². The van der Waals surface area contributed by atoms with Crippen LogP contribution < -0.4 is 4.74 Å². The molecule has 9 heteroatoms. The molecule has 8 nitrogen and oxygen atoms in total. The SMILES string of the molecule is Cc1ccccc1-c1ccc2c(c1)O[C@H](CN(C)C(=O)c1ccccn1)[C@@H](C)CN([C@@H](C)CO)S2(=O)=O. The van der Waals surface area contributed by atoms with Crippen LogP contribution in [0.3, 0.4) is 0 Å². The van der Waals surface area contributed by atoms with Gasteiger partial charge in [-0.15, -0.1) is 0 Å². The fourth-order valence-electron chi connectivity index (χ4n) is 4.55. The van der Waals surface area contributed by atoms with Crippen molar-refractivity contribution in [3.63, 3.8) is 0 Å². The number of aliphatic hydroxyl groups excluding tert-OH is 1.